The quantitative estimate of drug-likeness (QED) is 0.544. The first kappa shape index (κ1) is 21.4. The molecule has 4 rings (SSSR count). The molecule has 1 N–H and O–H groups in total. The molecule has 2 heterocycles. The Morgan fingerprint density at radius 2 is 1.94 bits per heavy atom. The molecule has 6 heteroatoms. The molecule has 1 aliphatic carbocycles. The number of benzene rings is 1. The van der Waals surface area contributed by atoms with Crippen molar-refractivity contribution in [2.75, 3.05) is 4.90 Å². The zero-order valence-corrected chi connectivity index (χ0v) is 18.8. The summed E-state index contributed by atoms with van der Waals surface area (Å²) in [6, 6.07) is 14.5. The fraction of sp³-hybridized carbons (Fsp3) is 0.360. The lowest BCUT2D eigenvalue weighted by Gasteiger charge is -2.31. The Hall–Kier alpha value is -2.86. The lowest BCUT2D eigenvalue weighted by molar-refractivity contribution is -0.127. The summed E-state index contributed by atoms with van der Waals surface area (Å²) in [4.78, 5) is 29.7. The molecule has 1 aliphatic rings. The van der Waals surface area contributed by atoms with Gasteiger partial charge in [0.05, 0.1) is 6.42 Å². The van der Waals surface area contributed by atoms with Crippen molar-refractivity contribution in [2.45, 2.75) is 58.0 Å². The third kappa shape index (κ3) is 5.07. The van der Waals surface area contributed by atoms with E-state index in [9.17, 15) is 9.59 Å². The number of rotatable bonds is 7. The smallest absolute Gasteiger partial charge is 0.251 e. The average molecular weight is 437 g/mol. The highest BCUT2D eigenvalue weighted by molar-refractivity contribution is 7.10. The van der Waals surface area contributed by atoms with Gasteiger partial charge in [-0.1, -0.05) is 31.0 Å². The van der Waals surface area contributed by atoms with Crippen LogP contribution in [0.1, 0.15) is 53.7 Å². The third-order valence-electron chi connectivity index (χ3n) is 5.69. The monoisotopic (exact) mass is 436 g/mol. The average Bonchev–Trinajstić information content (AvgIpc) is 3.49. The van der Waals surface area contributed by atoms with Gasteiger partial charge >= 0.3 is 0 Å². The van der Waals surface area contributed by atoms with Gasteiger partial charge in [-0.05, 0) is 68.0 Å². The number of aryl methyl sites for hydroxylation is 2. The maximum atomic E-state index is 13.6. The zero-order valence-electron chi connectivity index (χ0n) is 18.0. The van der Waals surface area contributed by atoms with Crippen molar-refractivity contribution in [1.29, 1.82) is 0 Å². The van der Waals surface area contributed by atoms with Crippen molar-refractivity contribution in [1.82, 2.24) is 5.32 Å². The van der Waals surface area contributed by atoms with E-state index in [1.807, 2.05) is 61.7 Å². The lowest BCUT2D eigenvalue weighted by Crippen LogP contribution is -2.46. The SMILES string of the molecule is Cc1cccc(N(C(=O)Cc2cccs2)[C@H](C(=O)NC2CCCC2)c2ccc(C)o2)c1. The highest BCUT2D eigenvalue weighted by Gasteiger charge is 2.36. The van der Waals surface area contributed by atoms with Gasteiger partial charge in [0, 0.05) is 16.6 Å². The molecule has 3 aromatic rings. The van der Waals surface area contributed by atoms with Crippen molar-refractivity contribution in [2.24, 2.45) is 0 Å². The minimum atomic E-state index is -0.858. The van der Waals surface area contributed by atoms with Gasteiger partial charge in [-0.2, -0.15) is 0 Å². The summed E-state index contributed by atoms with van der Waals surface area (Å²) in [7, 11) is 0. The van der Waals surface area contributed by atoms with Crippen molar-refractivity contribution in [3.63, 3.8) is 0 Å². The number of hydrogen-bond acceptors (Lipinski definition) is 4. The molecule has 5 nitrogen and oxygen atoms in total. The Labute approximate surface area is 187 Å². The molecule has 1 saturated carbocycles. The summed E-state index contributed by atoms with van der Waals surface area (Å²) >= 11 is 1.54. The van der Waals surface area contributed by atoms with Crippen LogP contribution in [0, 0.1) is 13.8 Å². The molecule has 0 saturated heterocycles. The standard InChI is InChI=1S/C25H28N2O3S/c1-17-7-5-10-20(15-17)27(23(28)16-21-11-6-14-31-21)24(22-13-12-18(2)30-22)25(29)26-19-8-3-4-9-19/h5-7,10-15,19,24H,3-4,8-9,16H2,1-2H3,(H,26,29)/t24-/m0/s1. The zero-order chi connectivity index (χ0) is 21.8. The van der Waals surface area contributed by atoms with Gasteiger partial charge in [0.2, 0.25) is 5.91 Å². The molecule has 0 spiro atoms. The van der Waals surface area contributed by atoms with Crippen LogP contribution in [-0.4, -0.2) is 17.9 Å². The van der Waals surface area contributed by atoms with E-state index in [0.717, 1.165) is 36.1 Å². The van der Waals surface area contributed by atoms with Crippen LogP contribution in [0.4, 0.5) is 5.69 Å². The van der Waals surface area contributed by atoms with E-state index in [0.29, 0.717) is 17.2 Å². The number of carbonyl (C=O) groups excluding carboxylic acids is 2. The second-order valence-corrected chi connectivity index (χ2v) is 9.23. The fourth-order valence-electron chi connectivity index (χ4n) is 4.19. The summed E-state index contributed by atoms with van der Waals surface area (Å²) in [6.07, 6.45) is 4.42. The highest BCUT2D eigenvalue weighted by atomic mass is 32.1. The summed E-state index contributed by atoms with van der Waals surface area (Å²) in [5, 5.41) is 5.13. The second-order valence-electron chi connectivity index (χ2n) is 8.20. The number of furan rings is 1. The molecule has 1 atom stereocenters. The molecule has 0 aliphatic heterocycles. The number of nitrogens with one attached hydrogen (secondary N) is 1. The highest BCUT2D eigenvalue weighted by Crippen LogP contribution is 2.31. The maximum Gasteiger partial charge on any atom is 0.251 e. The van der Waals surface area contributed by atoms with E-state index in [1.165, 1.54) is 0 Å². The third-order valence-corrected chi connectivity index (χ3v) is 6.57. The lowest BCUT2D eigenvalue weighted by atomic mass is 10.1. The van der Waals surface area contributed by atoms with Crippen molar-refractivity contribution in [3.8, 4) is 0 Å². The molecule has 0 bridgehead atoms. The molecule has 2 amide bonds. The topological polar surface area (TPSA) is 62.6 Å². The summed E-state index contributed by atoms with van der Waals surface area (Å²) in [5.41, 5.74) is 1.72. The van der Waals surface area contributed by atoms with Gasteiger partial charge in [-0.3, -0.25) is 14.5 Å². The summed E-state index contributed by atoms with van der Waals surface area (Å²) in [6.45, 7) is 3.83. The van der Waals surface area contributed by atoms with Crippen LogP contribution in [0.2, 0.25) is 0 Å². The maximum absolute atomic E-state index is 13.6. The first-order valence-corrected chi connectivity index (χ1v) is 11.7. The van der Waals surface area contributed by atoms with Crippen LogP contribution >= 0.6 is 11.3 Å². The van der Waals surface area contributed by atoms with E-state index < -0.39 is 6.04 Å². The Bertz CT molecular complexity index is 1030. The van der Waals surface area contributed by atoms with E-state index in [1.54, 1.807) is 22.3 Å². The number of amides is 2. The Morgan fingerprint density at radius 1 is 1.13 bits per heavy atom. The van der Waals surface area contributed by atoms with Crippen LogP contribution in [0.25, 0.3) is 0 Å². The molecule has 1 aromatic carbocycles. The van der Waals surface area contributed by atoms with Crippen LogP contribution in [-0.2, 0) is 16.0 Å². The minimum absolute atomic E-state index is 0.131. The van der Waals surface area contributed by atoms with Gasteiger partial charge in [-0.25, -0.2) is 0 Å². The van der Waals surface area contributed by atoms with Crippen LogP contribution in [0.3, 0.4) is 0 Å². The number of anilines is 1. The van der Waals surface area contributed by atoms with E-state index in [2.05, 4.69) is 5.32 Å². The Morgan fingerprint density at radius 3 is 2.58 bits per heavy atom. The Kier molecular flexibility index (Phi) is 6.56. The first-order valence-electron chi connectivity index (χ1n) is 10.8. The van der Waals surface area contributed by atoms with Gasteiger partial charge in [-0.15, -0.1) is 11.3 Å². The fourth-order valence-corrected chi connectivity index (χ4v) is 4.88. The molecule has 2 aromatic heterocycles. The van der Waals surface area contributed by atoms with E-state index >= 15 is 0 Å². The predicted molar refractivity (Wildman–Crippen MR) is 123 cm³/mol. The predicted octanol–water partition coefficient (Wildman–Crippen LogP) is 5.33. The molecule has 0 radical (unpaired) electrons. The van der Waals surface area contributed by atoms with Gasteiger partial charge in [0.1, 0.15) is 11.5 Å². The Balaban J connectivity index is 1.74. The van der Waals surface area contributed by atoms with Crippen molar-refractivity contribution in [3.05, 3.63) is 75.9 Å². The number of carbonyl (C=O) groups is 2. The normalized spacial score (nSPS) is 15.0. The number of nitrogens with zero attached hydrogens (tertiary/aromatic N) is 1. The van der Waals surface area contributed by atoms with Crippen LogP contribution in [0.15, 0.2) is 58.3 Å². The molecule has 162 valence electrons. The van der Waals surface area contributed by atoms with Crippen LogP contribution in [0.5, 0.6) is 0 Å². The summed E-state index contributed by atoms with van der Waals surface area (Å²) < 4.78 is 5.90. The number of thiophene rings is 1. The first-order chi connectivity index (χ1) is 15.0. The van der Waals surface area contributed by atoms with Crippen molar-refractivity contribution >= 4 is 28.8 Å². The minimum Gasteiger partial charge on any atom is -0.464 e. The van der Waals surface area contributed by atoms with Gasteiger partial charge < -0.3 is 9.73 Å². The second kappa shape index (κ2) is 9.52. The molecule has 31 heavy (non-hydrogen) atoms. The van der Waals surface area contributed by atoms with Gasteiger partial charge in [0.15, 0.2) is 6.04 Å². The van der Waals surface area contributed by atoms with E-state index in [4.69, 9.17) is 4.42 Å². The van der Waals surface area contributed by atoms with Crippen LogP contribution < -0.4 is 10.2 Å². The van der Waals surface area contributed by atoms with Crippen molar-refractivity contribution < 1.29 is 14.0 Å². The van der Waals surface area contributed by atoms with Gasteiger partial charge in [0.25, 0.3) is 5.91 Å². The molecule has 0 unspecified atom stereocenters. The number of hydrogen-bond donors (Lipinski definition) is 1. The van der Waals surface area contributed by atoms with E-state index in [-0.39, 0.29) is 24.3 Å². The molecule has 1 fully saturated rings. The molecular weight excluding hydrogens is 408 g/mol. The largest absolute Gasteiger partial charge is 0.464 e. The molecular formula is C25H28N2O3S. The summed E-state index contributed by atoms with van der Waals surface area (Å²) in [5.74, 6) is 0.869.